The van der Waals surface area contributed by atoms with Crippen LogP contribution in [0.4, 0.5) is 20.2 Å². The molecule has 0 bridgehead atoms. The molecule has 1 amide bonds. The number of nitrogens with zero attached hydrogens (tertiary/aromatic N) is 2. The first-order chi connectivity index (χ1) is 13.5. The number of benzene rings is 2. The molecule has 1 N–H and O–H groups in total. The van der Waals surface area contributed by atoms with Crippen molar-refractivity contribution in [1.82, 2.24) is 9.88 Å². The van der Waals surface area contributed by atoms with Gasteiger partial charge < -0.3 is 10.2 Å². The summed E-state index contributed by atoms with van der Waals surface area (Å²) in [6.07, 6.45) is 4.48. The number of hydrogen-bond acceptors (Lipinski definition) is 3. The van der Waals surface area contributed by atoms with Gasteiger partial charge in [-0.3, -0.25) is 9.78 Å². The summed E-state index contributed by atoms with van der Waals surface area (Å²) in [6.45, 7) is 1.35. The van der Waals surface area contributed by atoms with Gasteiger partial charge in [0, 0.05) is 29.1 Å². The Balaban J connectivity index is 1.84. The lowest BCUT2D eigenvalue weighted by Crippen LogP contribution is -2.36. The third-order valence-electron chi connectivity index (χ3n) is 4.89. The summed E-state index contributed by atoms with van der Waals surface area (Å²) in [5, 5.41) is 3.44. The van der Waals surface area contributed by atoms with Gasteiger partial charge in [-0.2, -0.15) is 0 Å². The Bertz CT molecular complexity index is 1050. The van der Waals surface area contributed by atoms with Gasteiger partial charge >= 0.3 is 0 Å². The third-order valence-corrected chi connectivity index (χ3v) is 5.39. The van der Waals surface area contributed by atoms with Crippen molar-refractivity contribution in [2.75, 3.05) is 18.4 Å². The van der Waals surface area contributed by atoms with Gasteiger partial charge in [0.1, 0.15) is 11.6 Å². The van der Waals surface area contributed by atoms with Crippen molar-refractivity contribution in [2.45, 2.75) is 19.3 Å². The van der Waals surface area contributed by atoms with E-state index in [1.807, 2.05) is 0 Å². The van der Waals surface area contributed by atoms with Crippen LogP contribution in [-0.4, -0.2) is 28.9 Å². The number of aromatic nitrogens is 1. The Hall–Kier alpha value is -2.54. The second kappa shape index (κ2) is 7.83. The molecule has 3 aromatic rings. The number of rotatable bonds is 3. The molecular formula is C21H18BrF2N3O. The van der Waals surface area contributed by atoms with Gasteiger partial charge in [-0.15, -0.1) is 0 Å². The summed E-state index contributed by atoms with van der Waals surface area (Å²) in [5.41, 5.74) is 1.40. The summed E-state index contributed by atoms with van der Waals surface area (Å²) >= 11 is 3.23. The number of likely N-dealkylation sites (tertiary alicyclic amines) is 1. The third kappa shape index (κ3) is 3.71. The van der Waals surface area contributed by atoms with Crippen LogP contribution < -0.4 is 5.32 Å². The second-order valence-corrected chi connectivity index (χ2v) is 7.73. The molecule has 0 aliphatic carbocycles. The molecule has 144 valence electrons. The minimum absolute atomic E-state index is 0.182. The number of pyridine rings is 1. The van der Waals surface area contributed by atoms with Crippen molar-refractivity contribution in [3.05, 3.63) is 64.3 Å². The Morgan fingerprint density at radius 1 is 1.07 bits per heavy atom. The van der Waals surface area contributed by atoms with Gasteiger partial charge in [0.2, 0.25) is 0 Å². The molecule has 2 heterocycles. The molecule has 1 saturated heterocycles. The van der Waals surface area contributed by atoms with Gasteiger partial charge in [-0.05, 0) is 55.7 Å². The van der Waals surface area contributed by atoms with E-state index in [9.17, 15) is 13.6 Å². The lowest BCUT2D eigenvalue weighted by Gasteiger charge is -2.27. The average Bonchev–Trinajstić information content (AvgIpc) is 2.70. The predicted octanol–water partition coefficient (Wildman–Crippen LogP) is 5.65. The normalized spacial score (nSPS) is 14.3. The number of nitrogens with one attached hydrogen (secondary N) is 1. The molecule has 0 unspecified atom stereocenters. The van der Waals surface area contributed by atoms with Crippen molar-refractivity contribution >= 4 is 44.1 Å². The fourth-order valence-electron chi connectivity index (χ4n) is 3.45. The van der Waals surface area contributed by atoms with E-state index in [2.05, 4.69) is 26.2 Å². The smallest absolute Gasteiger partial charge is 0.257 e. The molecule has 0 atom stereocenters. The summed E-state index contributed by atoms with van der Waals surface area (Å²) in [6, 6.07) is 8.77. The largest absolute Gasteiger partial charge is 0.352 e. The number of fused-ring (bicyclic) bond motifs is 1. The number of anilines is 2. The van der Waals surface area contributed by atoms with Crippen molar-refractivity contribution in [2.24, 2.45) is 0 Å². The Morgan fingerprint density at radius 2 is 1.86 bits per heavy atom. The van der Waals surface area contributed by atoms with Gasteiger partial charge in [0.25, 0.3) is 5.91 Å². The highest BCUT2D eigenvalue weighted by molar-refractivity contribution is 9.10. The van der Waals surface area contributed by atoms with Crippen LogP contribution in [0.1, 0.15) is 29.6 Å². The maximum atomic E-state index is 14.4. The minimum Gasteiger partial charge on any atom is -0.352 e. The zero-order chi connectivity index (χ0) is 19.7. The minimum atomic E-state index is -0.480. The highest BCUT2D eigenvalue weighted by Crippen LogP contribution is 2.32. The first kappa shape index (κ1) is 18.8. The predicted molar refractivity (Wildman–Crippen MR) is 109 cm³/mol. The van der Waals surface area contributed by atoms with Gasteiger partial charge in [0.15, 0.2) is 0 Å². The van der Waals surface area contributed by atoms with Crippen molar-refractivity contribution in [1.29, 1.82) is 0 Å². The summed E-state index contributed by atoms with van der Waals surface area (Å²) in [7, 11) is 0. The molecule has 2 aromatic carbocycles. The van der Waals surface area contributed by atoms with E-state index in [-0.39, 0.29) is 11.6 Å². The second-order valence-electron chi connectivity index (χ2n) is 6.81. The molecule has 1 fully saturated rings. The van der Waals surface area contributed by atoms with Gasteiger partial charge in [0.05, 0.1) is 22.5 Å². The number of amides is 1. The number of piperidine rings is 1. The van der Waals surface area contributed by atoms with E-state index < -0.39 is 11.6 Å². The molecule has 4 nitrogen and oxygen atoms in total. The van der Waals surface area contributed by atoms with Crippen molar-refractivity contribution in [3.63, 3.8) is 0 Å². The molecular weight excluding hydrogens is 428 g/mol. The maximum Gasteiger partial charge on any atom is 0.257 e. The monoisotopic (exact) mass is 445 g/mol. The zero-order valence-corrected chi connectivity index (χ0v) is 16.6. The molecule has 1 aromatic heterocycles. The van der Waals surface area contributed by atoms with E-state index in [4.69, 9.17) is 0 Å². The van der Waals surface area contributed by atoms with Gasteiger partial charge in [-0.25, -0.2) is 8.78 Å². The summed E-state index contributed by atoms with van der Waals surface area (Å²) in [4.78, 5) is 19.2. The average molecular weight is 446 g/mol. The number of carbonyl (C=O) groups is 1. The van der Waals surface area contributed by atoms with Crippen LogP contribution in [0.5, 0.6) is 0 Å². The topological polar surface area (TPSA) is 45.2 Å². The molecule has 0 spiro atoms. The molecule has 1 aliphatic heterocycles. The van der Waals surface area contributed by atoms with Crippen LogP contribution in [0.15, 0.2) is 47.1 Å². The first-order valence-corrected chi connectivity index (χ1v) is 9.92. The van der Waals surface area contributed by atoms with E-state index in [1.165, 1.54) is 24.4 Å². The quantitative estimate of drug-likeness (QED) is 0.566. The molecule has 28 heavy (non-hydrogen) atoms. The van der Waals surface area contributed by atoms with Crippen LogP contribution >= 0.6 is 15.9 Å². The fourth-order valence-corrected chi connectivity index (χ4v) is 3.79. The standard InChI is InChI=1S/C21H18BrF2N3O/c22-13-4-6-19(17(24)10-13)26-20-15-11-14(23)5-7-18(15)25-12-16(20)21(28)27-8-2-1-3-9-27/h4-7,10-12H,1-3,8-9H2,(H,25,26). The molecule has 0 radical (unpaired) electrons. The van der Waals surface area contributed by atoms with E-state index >= 15 is 0 Å². The van der Waals surface area contributed by atoms with E-state index in [0.717, 1.165) is 19.3 Å². The first-order valence-electron chi connectivity index (χ1n) is 9.12. The Kier molecular flexibility index (Phi) is 5.26. The number of halogens is 3. The van der Waals surface area contributed by atoms with E-state index in [1.54, 1.807) is 23.1 Å². The van der Waals surface area contributed by atoms with Crippen LogP contribution in [0.2, 0.25) is 0 Å². The van der Waals surface area contributed by atoms with Crippen LogP contribution in [0, 0.1) is 11.6 Å². The zero-order valence-electron chi connectivity index (χ0n) is 15.0. The summed E-state index contributed by atoms with van der Waals surface area (Å²) in [5.74, 6) is -1.11. The highest BCUT2D eigenvalue weighted by Gasteiger charge is 2.23. The van der Waals surface area contributed by atoms with Gasteiger partial charge in [-0.1, -0.05) is 15.9 Å². The fraction of sp³-hybridized carbons (Fsp3) is 0.238. The lowest BCUT2D eigenvalue weighted by atomic mass is 10.1. The van der Waals surface area contributed by atoms with Crippen LogP contribution in [0.25, 0.3) is 10.9 Å². The molecule has 0 saturated carbocycles. The van der Waals surface area contributed by atoms with E-state index in [0.29, 0.717) is 39.7 Å². The Morgan fingerprint density at radius 3 is 2.61 bits per heavy atom. The van der Waals surface area contributed by atoms with Crippen molar-refractivity contribution in [3.8, 4) is 0 Å². The molecule has 1 aliphatic rings. The Labute approximate surface area is 169 Å². The number of hydrogen-bond donors (Lipinski definition) is 1. The molecule has 7 heteroatoms. The molecule has 4 rings (SSSR count). The highest BCUT2D eigenvalue weighted by atomic mass is 79.9. The van der Waals surface area contributed by atoms with Crippen LogP contribution in [0.3, 0.4) is 0 Å². The van der Waals surface area contributed by atoms with Crippen molar-refractivity contribution < 1.29 is 13.6 Å². The summed E-state index contributed by atoms with van der Waals surface area (Å²) < 4.78 is 29.0. The van der Waals surface area contributed by atoms with Crippen LogP contribution in [-0.2, 0) is 0 Å². The number of carbonyl (C=O) groups excluding carboxylic acids is 1. The SMILES string of the molecule is O=C(c1cnc2ccc(F)cc2c1Nc1ccc(Br)cc1F)N1CCCCC1. The maximum absolute atomic E-state index is 14.4. The lowest BCUT2D eigenvalue weighted by molar-refractivity contribution is 0.0725.